The maximum atomic E-state index is 2.44. The highest BCUT2D eigenvalue weighted by molar-refractivity contribution is 7.25. The van der Waals surface area contributed by atoms with Crippen LogP contribution in [0, 0.1) is 0 Å². The first-order valence-electron chi connectivity index (χ1n) is 15.3. The average molecular weight is 593 g/mol. The Hall–Kier alpha value is -5.64. The standard InChI is InChI=1S/C42H28N2S/c1-4-14-29(15-5-1)33-25-26-38(41-35-21-10-12-22-37(35)44(42(33)41)31-18-8-3-9-19-31)43(30-16-6-2-7-17-30)32-24-27-40-36(28-32)34-20-11-13-23-39(34)45-40/h1-28H. The Morgan fingerprint density at radius 3 is 1.91 bits per heavy atom. The van der Waals surface area contributed by atoms with Crippen LogP contribution in [0.2, 0.25) is 0 Å². The molecule has 0 spiro atoms. The highest BCUT2D eigenvalue weighted by atomic mass is 32.1. The largest absolute Gasteiger partial charge is 0.310 e. The molecule has 0 amide bonds. The van der Waals surface area contributed by atoms with Gasteiger partial charge in [-0.1, -0.05) is 109 Å². The van der Waals surface area contributed by atoms with Crippen molar-refractivity contribution in [3.63, 3.8) is 0 Å². The smallest absolute Gasteiger partial charge is 0.0640 e. The molecule has 0 unspecified atom stereocenters. The van der Waals surface area contributed by atoms with Crippen LogP contribution < -0.4 is 4.90 Å². The molecule has 0 N–H and O–H groups in total. The van der Waals surface area contributed by atoms with E-state index in [2.05, 4.69) is 179 Å². The van der Waals surface area contributed by atoms with Gasteiger partial charge in [0.25, 0.3) is 0 Å². The molecule has 2 nitrogen and oxygen atoms in total. The minimum atomic E-state index is 1.13. The first-order valence-corrected chi connectivity index (χ1v) is 16.1. The van der Waals surface area contributed by atoms with Gasteiger partial charge in [-0.15, -0.1) is 11.3 Å². The molecule has 0 radical (unpaired) electrons. The Kier molecular flexibility index (Phi) is 6.03. The van der Waals surface area contributed by atoms with E-state index in [0.29, 0.717) is 0 Å². The second-order valence-corrected chi connectivity index (χ2v) is 12.4. The molecule has 2 aromatic heterocycles. The van der Waals surface area contributed by atoms with Crippen LogP contribution in [0.3, 0.4) is 0 Å². The molecular formula is C42H28N2S. The number of thiophene rings is 1. The van der Waals surface area contributed by atoms with Gasteiger partial charge < -0.3 is 9.47 Å². The van der Waals surface area contributed by atoms with Gasteiger partial charge in [0.05, 0.1) is 16.7 Å². The van der Waals surface area contributed by atoms with Crippen molar-refractivity contribution in [1.82, 2.24) is 4.57 Å². The highest BCUT2D eigenvalue weighted by Crippen LogP contribution is 2.48. The lowest BCUT2D eigenvalue weighted by Gasteiger charge is -2.27. The lowest BCUT2D eigenvalue weighted by atomic mass is 9.99. The van der Waals surface area contributed by atoms with E-state index in [1.165, 1.54) is 53.1 Å². The van der Waals surface area contributed by atoms with Crippen molar-refractivity contribution < 1.29 is 0 Å². The van der Waals surface area contributed by atoms with Crippen LogP contribution >= 0.6 is 11.3 Å². The van der Waals surface area contributed by atoms with Crippen molar-refractivity contribution in [2.75, 3.05) is 4.90 Å². The van der Waals surface area contributed by atoms with Crippen LogP contribution in [0.1, 0.15) is 0 Å². The van der Waals surface area contributed by atoms with E-state index in [1.54, 1.807) is 0 Å². The number of aromatic nitrogens is 1. The van der Waals surface area contributed by atoms with Crippen LogP contribution in [-0.2, 0) is 0 Å². The molecule has 0 aliphatic rings. The summed E-state index contributed by atoms with van der Waals surface area (Å²) in [7, 11) is 0. The number of benzene rings is 7. The molecule has 3 heteroatoms. The molecule has 0 saturated heterocycles. The molecule has 212 valence electrons. The molecule has 45 heavy (non-hydrogen) atoms. The summed E-state index contributed by atoms with van der Waals surface area (Å²) in [5, 5.41) is 5.05. The molecule has 9 rings (SSSR count). The molecule has 0 aliphatic carbocycles. The second-order valence-electron chi connectivity index (χ2n) is 11.4. The van der Waals surface area contributed by atoms with Crippen molar-refractivity contribution in [2.45, 2.75) is 0 Å². The van der Waals surface area contributed by atoms with Crippen molar-refractivity contribution >= 4 is 70.4 Å². The van der Waals surface area contributed by atoms with Crippen LogP contribution in [-0.4, -0.2) is 4.57 Å². The van der Waals surface area contributed by atoms with Gasteiger partial charge in [-0.3, -0.25) is 0 Å². The lowest BCUT2D eigenvalue weighted by molar-refractivity contribution is 1.18. The molecule has 0 aliphatic heterocycles. The van der Waals surface area contributed by atoms with Crippen LogP contribution in [0.15, 0.2) is 170 Å². The third-order valence-corrected chi connectivity index (χ3v) is 9.92. The van der Waals surface area contributed by atoms with E-state index in [4.69, 9.17) is 0 Å². The van der Waals surface area contributed by atoms with E-state index in [-0.39, 0.29) is 0 Å². The molecule has 2 heterocycles. The molecule has 0 atom stereocenters. The molecule has 7 aromatic carbocycles. The third kappa shape index (κ3) is 4.16. The molecule has 9 aromatic rings. The predicted molar refractivity (Wildman–Crippen MR) is 194 cm³/mol. The molecule has 0 saturated carbocycles. The van der Waals surface area contributed by atoms with E-state index in [9.17, 15) is 0 Å². The quantitative estimate of drug-likeness (QED) is 0.193. The van der Waals surface area contributed by atoms with Gasteiger partial charge >= 0.3 is 0 Å². The van der Waals surface area contributed by atoms with Crippen molar-refractivity contribution in [2.24, 2.45) is 0 Å². The first kappa shape index (κ1) is 25.8. The zero-order chi connectivity index (χ0) is 29.7. The van der Waals surface area contributed by atoms with Gasteiger partial charge in [0.15, 0.2) is 0 Å². The SMILES string of the molecule is c1ccc(-c2ccc(N(c3ccccc3)c3ccc4sc5ccccc5c4c3)c3c4ccccc4n(-c4ccccc4)c23)cc1. The third-order valence-electron chi connectivity index (χ3n) is 8.77. The zero-order valence-corrected chi connectivity index (χ0v) is 25.3. The summed E-state index contributed by atoms with van der Waals surface area (Å²) in [6.07, 6.45) is 0. The van der Waals surface area contributed by atoms with Gasteiger partial charge in [0.1, 0.15) is 0 Å². The number of fused-ring (bicyclic) bond motifs is 6. The van der Waals surface area contributed by atoms with Crippen molar-refractivity contribution in [1.29, 1.82) is 0 Å². The summed E-state index contributed by atoms with van der Waals surface area (Å²) in [4.78, 5) is 2.44. The fourth-order valence-electron chi connectivity index (χ4n) is 6.82. The summed E-state index contributed by atoms with van der Waals surface area (Å²) in [5.74, 6) is 0. The lowest BCUT2D eigenvalue weighted by Crippen LogP contribution is -2.10. The van der Waals surface area contributed by atoms with Gasteiger partial charge in [0, 0.05) is 53.6 Å². The van der Waals surface area contributed by atoms with Crippen LogP contribution in [0.5, 0.6) is 0 Å². The maximum Gasteiger partial charge on any atom is 0.0640 e. The fraction of sp³-hybridized carbons (Fsp3) is 0. The van der Waals surface area contributed by atoms with Crippen molar-refractivity contribution in [3.05, 3.63) is 170 Å². The van der Waals surface area contributed by atoms with Gasteiger partial charge in [-0.25, -0.2) is 0 Å². The topological polar surface area (TPSA) is 8.17 Å². The Morgan fingerprint density at radius 1 is 0.467 bits per heavy atom. The Bertz CT molecular complexity index is 2470. The number of hydrogen-bond donors (Lipinski definition) is 0. The highest BCUT2D eigenvalue weighted by Gasteiger charge is 2.24. The minimum Gasteiger partial charge on any atom is -0.310 e. The number of para-hydroxylation sites is 3. The Labute approximate surface area is 265 Å². The number of nitrogens with zero attached hydrogens (tertiary/aromatic N) is 2. The summed E-state index contributed by atoms with van der Waals surface area (Å²) in [6.45, 7) is 0. The summed E-state index contributed by atoms with van der Waals surface area (Å²) >= 11 is 1.86. The van der Waals surface area contributed by atoms with Gasteiger partial charge in [-0.2, -0.15) is 0 Å². The Morgan fingerprint density at radius 2 is 1.11 bits per heavy atom. The molecular weight excluding hydrogens is 565 g/mol. The summed E-state index contributed by atoms with van der Waals surface area (Å²) in [5.41, 5.74) is 9.37. The zero-order valence-electron chi connectivity index (χ0n) is 24.5. The number of anilines is 3. The number of hydrogen-bond acceptors (Lipinski definition) is 2. The Balaban J connectivity index is 1.42. The van der Waals surface area contributed by atoms with Gasteiger partial charge in [-0.05, 0) is 66.2 Å². The normalized spacial score (nSPS) is 11.6. The van der Waals surface area contributed by atoms with E-state index < -0.39 is 0 Å². The number of rotatable bonds is 5. The van der Waals surface area contributed by atoms with Gasteiger partial charge in [0.2, 0.25) is 0 Å². The minimum absolute atomic E-state index is 1.13. The maximum absolute atomic E-state index is 2.44. The van der Waals surface area contributed by atoms with E-state index in [1.807, 2.05) is 11.3 Å². The molecule has 0 fully saturated rings. The first-order chi connectivity index (χ1) is 22.3. The average Bonchev–Trinajstić information content (AvgIpc) is 3.66. The van der Waals surface area contributed by atoms with Crippen LogP contribution in [0.25, 0.3) is 58.8 Å². The van der Waals surface area contributed by atoms with E-state index in [0.717, 1.165) is 22.7 Å². The van der Waals surface area contributed by atoms with Crippen molar-refractivity contribution in [3.8, 4) is 16.8 Å². The monoisotopic (exact) mass is 592 g/mol. The van der Waals surface area contributed by atoms with Crippen LogP contribution in [0.4, 0.5) is 17.1 Å². The fourth-order valence-corrected chi connectivity index (χ4v) is 7.90. The van der Waals surface area contributed by atoms with E-state index >= 15 is 0 Å². The predicted octanol–water partition coefficient (Wildman–Crippen LogP) is 12.3. The summed E-state index contributed by atoms with van der Waals surface area (Å²) < 4.78 is 5.06. The molecule has 0 bridgehead atoms. The summed E-state index contributed by atoms with van der Waals surface area (Å²) in [6, 6.07) is 61.4. The second kappa shape index (κ2) is 10.5.